The lowest BCUT2D eigenvalue weighted by Crippen LogP contribution is -2.15. The first-order valence-electron chi connectivity index (χ1n) is 2.64. The number of hydrogen-bond donors (Lipinski definition) is 1. The fourth-order valence-electron chi connectivity index (χ4n) is 0.306. The van der Waals surface area contributed by atoms with Crippen LogP contribution in [0.4, 0.5) is 0 Å². The van der Waals surface area contributed by atoms with E-state index in [1.807, 2.05) is 0 Å². The minimum absolute atomic E-state index is 0. The molecule has 0 aromatic carbocycles. The molecule has 0 heterocycles. The fraction of sp³-hybridized carbons (Fsp3) is 1.00. The molecule has 0 amide bonds. The van der Waals surface area contributed by atoms with Crippen molar-refractivity contribution in [1.29, 1.82) is 0 Å². The molecule has 52 valence electrons. The Bertz CT molecular complexity index is 47.0. The van der Waals surface area contributed by atoms with Gasteiger partial charge in [-0.05, 0) is 5.41 Å². The van der Waals surface area contributed by atoms with Gasteiger partial charge in [0.15, 0.2) is 0 Å². The van der Waals surface area contributed by atoms with E-state index in [4.69, 9.17) is 0 Å². The van der Waals surface area contributed by atoms with Crippen molar-refractivity contribution in [3.8, 4) is 0 Å². The summed E-state index contributed by atoms with van der Waals surface area (Å²) in [7, 11) is 0. The van der Waals surface area contributed by atoms with Gasteiger partial charge in [-0.3, -0.25) is 0 Å². The first-order chi connectivity index (χ1) is 3.06. The second kappa shape index (κ2) is 3.87. The van der Waals surface area contributed by atoms with Crippen molar-refractivity contribution in [2.24, 2.45) is 5.41 Å². The molecule has 0 radical (unpaired) electrons. The van der Waals surface area contributed by atoms with Gasteiger partial charge in [-0.1, -0.05) is 27.2 Å². The van der Waals surface area contributed by atoms with Crippen molar-refractivity contribution in [2.45, 2.75) is 27.2 Å². The summed E-state index contributed by atoms with van der Waals surface area (Å²) in [4.78, 5) is 0. The van der Waals surface area contributed by atoms with Crippen LogP contribution in [0.25, 0.3) is 0 Å². The lowest BCUT2D eigenvalue weighted by Gasteiger charge is -2.19. The van der Waals surface area contributed by atoms with Crippen molar-refractivity contribution >= 4 is 0 Å². The molecule has 0 unspecified atom stereocenters. The summed E-state index contributed by atoms with van der Waals surface area (Å²) in [6.45, 7) is 6.28. The van der Waals surface area contributed by atoms with Gasteiger partial charge in [0, 0.05) is 0 Å². The van der Waals surface area contributed by atoms with Gasteiger partial charge < -0.3 is 11.3 Å². The van der Waals surface area contributed by atoms with Crippen LogP contribution in [-0.4, -0.2) is 6.61 Å². The Kier molecular flexibility index (Phi) is 5.23. The Morgan fingerprint density at radius 1 is 1.25 bits per heavy atom. The zero-order valence-corrected chi connectivity index (χ0v) is 6.32. The van der Waals surface area contributed by atoms with Crippen molar-refractivity contribution in [1.82, 2.24) is 6.15 Å². The molecular weight excluding hydrogens is 102 g/mol. The summed E-state index contributed by atoms with van der Waals surface area (Å²) in [5.74, 6) is 0. The first kappa shape index (κ1) is 10.8. The van der Waals surface area contributed by atoms with Crippen LogP contribution in [0.5, 0.6) is 0 Å². The number of quaternary nitrogens is 1. The van der Waals surface area contributed by atoms with E-state index >= 15 is 0 Å². The summed E-state index contributed by atoms with van der Waals surface area (Å²) >= 11 is 0. The highest BCUT2D eigenvalue weighted by atomic mass is 16.3. The average molecular weight is 119 g/mol. The molecule has 0 saturated carbocycles. The van der Waals surface area contributed by atoms with E-state index in [9.17, 15) is 5.11 Å². The van der Waals surface area contributed by atoms with E-state index < -0.39 is 0 Å². The molecule has 0 rings (SSSR count). The quantitative estimate of drug-likeness (QED) is 0.553. The molecule has 0 bridgehead atoms. The van der Waals surface area contributed by atoms with Crippen LogP contribution in [0.3, 0.4) is 0 Å². The van der Waals surface area contributed by atoms with Gasteiger partial charge >= 0.3 is 0 Å². The summed E-state index contributed by atoms with van der Waals surface area (Å²) in [5.41, 5.74) is 0.238. The highest BCUT2D eigenvalue weighted by Gasteiger charge is 2.04. The third-order valence-electron chi connectivity index (χ3n) is 0.852. The van der Waals surface area contributed by atoms with Crippen molar-refractivity contribution < 1.29 is 5.11 Å². The Balaban J connectivity index is 0. The van der Waals surface area contributed by atoms with E-state index in [-0.39, 0.29) is 18.2 Å². The molecule has 0 saturated heterocycles. The predicted molar refractivity (Wildman–Crippen MR) is 34.9 cm³/mol. The molecule has 2 nitrogen and oxygen atoms in total. The molecule has 0 aliphatic carbocycles. The summed E-state index contributed by atoms with van der Waals surface area (Å²) in [6, 6.07) is 0. The zero-order chi connectivity index (χ0) is 5.91. The van der Waals surface area contributed by atoms with Gasteiger partial charge in [-0.2, -0.15) is 0 Å². The second-order valence-corrected chi connectivity index (χ2v) is 3.01. The Morgan fingerprint density at radius 3 is 1.62 bits per heavy atom. The summed E-state index contributed by atoms with van der Waals surface area (Å²) in [6.07, 6.45) is 0.785. The standard InChI is InChI=1S/C6H13O.H3N/c1-6(2,3)4-5-7;/h4-5H2,1-3H3;1H3/q-1;/p+1. The van der Waals surface area contributed by atoms with Crippen LogP contribution in [0, 0.1) is 5.41 Å². The minimum Gasteiger partial charge on any atom is -0.854 e. The van der Waals surface area contributed by atoms with E-state index in [0.717, 1.165) is 6.42 Å². The molecule has 0 aliphatic rings. The average Bonchev–Trinajstić information content (AvgIpc) is 1.30. The van der Waals surface area contributed by atoms with Crippen molar-refractivity contribution in [3.63, 3.8) is 0 Å². The molecule has 4 N–H and O–H groups in total. The van der Waals surface area contributed by atoms with Gasteiger partial charge in [0.05, 0.1) is 0 Å². The van der Waals surface area contributed by atoms with Gasteiger partial charge in [-0.15, -0.1) is 6.61 Å². The Labute approximate surface area is 51.5 Å². The van der Waals surface area contributed by atoms with Crippen LogP contribution in [0.1, 0.15) is 27.2 Å². The monoisotopic (exact) mass is 119 g/mol. The normalized spacial score (nSPS) is 10.5. The van der Waals surface area contributed by atoms with Crippen LogP contribution < -0.4 is 11.3 Å². The third-order valence-corrected chi connectivity index (χ3v) is 0.852. The predicted octanol–water partition coefficient (Wildman–Crippen LogP) is 1.16. The molecule has 0 aromatic heterocycles. The van der Waals surface area contributed by atoms with E-state index in [2.05, 4.69) is 20.8 Å². The Morgan fingerprint density at radius 2 is 1.62 bits per heavy atom. The number of rotatable bonds is 1. The molecule has 8 heavy (non-hydrogen) atoms. The molecular formula is C6H17NO. The SMILES string of the molecule is CC(C)(C)CC[O-].[NH4+]. The van der Waals surface area contributed by atoms with E-state index in [1.165, 1.54) is 0 Å². The van der Waals surface area contributed by atoms with Crippen LogP contribution in [-0.2, 0) is 0 Å². The van der Waals surface area contributed by atoms with Gasteiger partial charge in [0.2, 0.25) is 0 Å². The van der Waals surface area contributed by atoms with Crippen molar-refractivity contribution in [3.05, 3.63) is 0 Å². The maximum Gasteiger partial charge on any atom is -0.0395 e. The molecule has 2 heteroatoms. The molecule has 0 aromatic rings. The lowest BCUT2D eigenvalue weighted by molar-refractivity contribution is -0.371. The van der Waals surface area contributed by atoms with Gasteiger partial charge in [-0.25, -0.2) is 0 Å². The van der Waals surface area contributed by atoms with Crippen molar-refractivity contribution in [2.75, 3.05) is 6.61 Å². The molecule has 0 spiro atoms. The molecule has 0 atom stereocenters. The third kappa shape index (κ3) is 9.33. The highest BCUT2D eigenvalue weighted by Crippen LogP contribution is 2.15. The maximum absolute atomic E-state index is 9.95. The molecule has 0 aliphatic heterocycles. The number of hydrogen-bond acceptors (Lipinski definition) is 1. The topological polar surface area (TPSA) is 59.6 Å². The fourth-order valence-corrected chi connectivity index (χ4v) is 0.306. The zero-order valence-electron chi connectivity index (χ0n) is 6.32. The lowest BCUT2D eigenvalue weighted by atomic mass is 9.93. The summed E-state index contributed by atoms with van der Waals surface area (Å²) in [5, 5.41) is 9.95. The van der Waals surface area contributed by atoms with E-state index in [0.29, 0.717) is 0 Å². The summed E-state index contributed by atoms with van der Waals surface area (Å²) < 4.78 is 0. The smallest absolute Gasteiger partial charge is 0.0395 e. The molecule has 0 fully saturated rings. The van der Waals surface area contributed by atoms with Gasteiger partial charge in [0.25, 0.3) is 0 Å². The van der Waals surface area contributed by atoms with Crippen LogP contribution in [0.2, 0.25) is 0 Å². The first-order valence-corrected chi connectivity index (χ1v) is 2.64. The van der Waals surface area contributed by atoms with Crippen LogP contribution in [0.15, 0.2) is 0 Å². The minimum atomic E-state index is 0. The second-order valence-electron chi connectivity index (χ2n) is 3.01. The van der Waals surface area contributed by atoms with Crippen LogP contribution >= 0.6 is 0 Å². The van der Waals surface area contributed by atoms with E-state index in [1.54, 1.807) is 0 Å². The van der Waals surface area contributed by atoms with Gasteiger partial charge in [0.1, 0.15) is 0 Å². The Hall–Kier alpha value is -0.0800. The largest absolute Gasteiger partial charge is 0.854 e. The highest BCUT2D eigenvalue weighted by molar-refractivity contribution is 4.58. The maximum atomic E-state index is 9.95.